The molecule has 26 heavy (non-hydrogen) atoms. The second-order valence-electron chi connectivity index (χ2n) is 6.95. The topological polar surface area (TPSA) is 92.9 Å². The molecule has 2 aromatic rings. The maximum absolute atomic E-state index is 12.6. The van der Waals surface area contributed by atoms with Crippen molar-refractivity contribution in [2.75, 3.05) is 19.6 Å². The van der Waals surface area contributed by atoms with Crippen molar-refractivity contribution in [3.8, 4) is 0 Å². The minimum atomic E-state index is -0.947. The van der Waals surface area contributed by atoms with Crippen LogP contribution in [0.3, 0.4) is 0 Å². The standard InChI is InChI=1S/C20H27N5O/c21-19(26)20(18-6-12-24-13-7-18,15-17-3-10-23-11-4-17)25-14-5-16-1-8-22-9-2-16/h3-4,6-7,10-13,16,22,25H,1-2,5,8-9,14-15H2,(H2,21,26). The third-order valence-corrected chi connectivity index (χ3v) is 5.25. The molecular weight excluding hydrogens is 326 g/mol. The van der Waals surface area contributed by atoms with E-state index in [-0.39, 0.29) is 5.91 Å². The lowest BCUT2D eigenvalue weighted by atomic mass is 9.83. The molecule has 1 fully saturated rings. The number of carbonyl (C=O) groups excluding carboxylic acids is 1. The Labute approximate surface area is 154 Å². The van der Waals surface area contributed by atoms with E-state index < -0.39 is 5.54 Å². The van der Waals surface area contributed by atoms with Gasteiger partial charge in [0.25, 0.3) is 0 Å². The summed E-state index contributed by atoms with van der Waals surface area (Å²) < 4.78 is 0. The molecule has 0 spiro atoms. The molecule has 1 amide bonds. The van der Waals surface area contributed by atoms with Gasteiger partial charge in [0.05, 0.1) is 0 Å². The zero-order chi connectivity index (χ0) is 18.2. The van der Waals surface area contributed by atoms with Crippen LogP contribution in [0.2, 0.25) is 0 Å². The van der Waals surface area contributed by atoms with Crippen molar-refractivity contribution in [2.24, 2.45) is 11.7 Å². The number of pyridine rings is 2. The molecular formula is C20H27N5O. The molecule has 3 rings (SSSR count). The molecule has 1 saturated heterocycles. The number of aromatic nitrogens is 2. The summed E-state index contributed by atoms with van der Waals surface area (Å²) in [6.45, 7) is 2.90. The number of hydrogen-bond donors (Lipinski definition) is 3. The van der Waals surface area contributed by atoms with Gasteiger partial charge >= 0.3 is 0 Å². The predicted octanol–water partition coefficient (Wildman–Crippen LogP) is 1.38. The Bertz CT molecular complexity index is 688. The monoisotopic (exact) mass is 353 g/mol. The van der Waals surface area contributed by atoms with Crippen LogP contribution in [0.5, 0.6) is 0 Å². The molecule has 1 aliphatic heterocycles. The van der Waals surface area contributed by atoms with Gasteiger partial charge in [0.1, 0.15) is 5.54 Å². The first kappa shape index (κ1) is 18.5. The van der Waals surface area contributed by atoms with E-state index in [4.69, 9.17) is 5.73 Å². The minimum Gasteiger partial charge on any atom is -0.368 e. The highest BCUT2D eigenvalue weighted by atomic mass is 16.1. The summed E-state index contributed by atoms with van der Waals surface area (Å²) in [5, 5.41) is 6.89. The van der Waals surface area contributed by atoms with Crippen LogP contribution in [-0.2, 0) is 16.8 Å². The van der Waals surface area contributed by atoms with E-state index in [1.54, 1.807) is 24.8 Å². The number of carbonyl (C=O) groups is 1. The summed E-state index contributed by atoms with van der Waals surface area (Å²) in [6, 6.07) is 7.58. The summed E-state index contributed by atoms with van der Waals surface area (Å²) in [7, 11) is 0. The van der Waals surface area contributed by atoms with Crippen LogP contribution in [0.1, 0.15) is 30.4 Å². The Morgan fingerprint density at radius 2 is 1.73 bits per heavy atom. The highest BCUT2D eigenvalue weighted by Gasteiger charge is 2.38. The lowest BCUT2D eigenvalue weighted by Gasteiger charge is -2.33. The summed E-state index contributed by atoms with van der Waals surface area (Å²) in [4.78, 5) is 20.8. The largest absolute Gasteiger partial charge is 0.368 e. The molecule has 1 aliphatic rings. The normalized spacial score (nSPS) is 17.5. The number of primary amides is 1. The second kappa shape index (κ2) is 8.87. The van der Waals surface area contributed by atoms with Crippen LogP contribution in [0.4, 0.5) is 0 Å². The number of nitrogens with one attached hydrogen (secondary N) is 2. The first-order valence-corrected chi connectivity index (χ1v) is 9.26. The molecule has 1 atom stereocenters. The predicted molar refractivity (Wildman–Crippen MR) is 101 cm³/mol. The highest BCUT2D eigenvalue weighted by Crippen LogP contribution is 2.26. The zero-order valence-corrected chi connectivity index (χ0v) is 15.0. The summed E-state index contributed by atoms with van der Waals surface area (Å²) >= 11 is 0. The van der Waals surface area contributed by atoms with Gasteiger partial charge in [-0.3, -0.25) is 20.1 Å². The fourth-order valence-electron chi connectivity index (χ4n) is 3.69. The fourth-order valence-corrected chi connectivity index (χ4v) is 3.69. The first-order chi connectivity index (χ1) is 12.7. The second-order valence-corrected chi connectivity index (χ2v) is 6.95. The van der Waals surface area contributed by atoms with Gasteiger partial charge in [-0.25, -0.2) is 0 Å². The number of nitrogens with zero attached hydrogens (tertiary/aromatic N) is 2. The molecule has 6 heteroatoms. The Balaban J connectivity index is 1.80. The average molecular weight is 353 g/mol. The number of nitrogens with two attached hydrogens (primary N) is 1. The molecule has 6 nitrogen and oxygen atoms in total. The molecule has 0 bridgehead atoms. The quantitative estimate of drug-likeness (QED) is 0.667. The van der Waals surface area contributed by atoms with Crippen LogP contribution in [0.15, 0.2) is 49.1 Å². The van der Waals surface area contributed by atoms with Crippen LogP contribution in [-0.4, -0.2) is 35.5 Å². The van der Waals surface area contributed by atoms with Crippen molar-refractivity contribution in [1.29, 1.82) is 0 Å². The molecule has 0 saturated carbocycles. The maximum Gasteiger partial charge on any atom is 0.242 e. The Morgan fingerprint density at radius 3 is 2.35 bits per heavy atom. The van der Waals surface area contributed by atoms with E-state index in [2.05, 4.69) is 20.6 Å². The number of amides is 1. The third kappa shape index (κ3) is 4.45. The summed E-state index contributed by atoms with van der Waals surface area (Å²) in [6.07, 6.45) is 10.8. The number of piperidine rings is 1. The smallest absolute Gasteiger partial charge is 0.242 e. The molecule has 0 aromatic carbocycles. The van der Waals surface area contributed by atoms with Crippen LogP contribution < -0.4 is 16.4 Å². The van der Waals surface area contributed by atoms with E-state index in [0.717, 1.165) is 37.2 Å². The van der Waals surface area contributed by atoms with Crippen molar-refractivity contribution in [1.82, 2.24) is 20.6 Å². The van der Waals surface area contributed by atoms with Gasteiger partial charge in [-0.2, -0.15) is 0 Å². The highest BCUT2D eigenvalue weighted by molar-refractivity contribution is 5.86. The molecule has 138 valence electrons. The zero-order valence-electron chi connectivity index (χ0n) is 15.0. The molecule has 4 N–H and O–H groups in total. The lowest BCUT2D eigenvalue weighted by molar-refractivity contribution is -0.124. The van der Waals surface area contributed by atoms with Gasteiger partial charge in [0.15, 0.2) is 0 Å². The van der Waals surface area contributed by atoms with Crippen molar-refractivity contribution >= 4 is 5.91 Å². The minimum absolute atomic E-state index is 0.370. The van der Waals surface area contributed by atoms with Crippen molar-refractivity contribution in [3.05, 3.63) is 60.2 Å². The molecule has 0 radical (unpaired) electrons. The number of rotatable bonds is 8. The van der Waals surface area contributed by atoms with E-state index in [1.165, 1.54) is 12.8 Å². The Kier molecular flexibility index (Phi) is 6.30. The van der Waals surface area contributed by atoms with Crippen molar-refractivity contribution in [2.45, 2.75) is 31.2 Å². The van der Waals surface area contributed by atoms with Gasteiger partial charge in [0, 0.05) is 31.2 Å². The first-order valence-electron chi connectivity index (χ1n) is 9.26. The van der Waals surface area contributed by atoms with Gasteiger partial charge in [-0.05, 0) is 80.2 Å². The Hall–Kier alpha value is -2.31. The SMILES string of the molecule is NC(=O)C(Cc1ccncc1)(NCCC1CCNCC1)c1ccncc1. The molecule has 1 unspecified atom stereocenters. The van der Waals surface area contributed by atoms with Gasteiger partial charge in [-0.15, -0.1) is 0 Å². The summed E-state index contributed by atoms with van der Waals surface area (Å²) in [5.41, 5.74) is 6.84. The molecule has 2 aromatic heterocycles. The van der Waals surface area contributed by atoms with E-state index >= 15 is 0 Å². The van der Waals surface area contributed by atoms with Crippen LogP contribution in [0.25, 0.3) is 0 Å². The van der Waals surface area contributed by atoms with Crippen LogP contribution in [0, 0.1) is 5.92 Å². The summed E-state index contributed by atoms with van der Waals surface area (Å²) in [5.74, 6) is 0.318. The van der Waals surface area contributed by atoms with Gasteiger partial charge in [-0.1, -0.05) is 0 Å². The van der Waals surface area contributed by atoms with Gasteiger partial charge < -0.3 is 11.1 Å². The van der Waals surface area contributed by atoms with Crippen LogP contribution >= 0.6 is 0 Å². The molecule has 3 heterocycles. The average Bonchev–Trinajstić information content (AvgIpc) is 2.69. The van der Waals surface area contributed by atoms with Gasteiger partial charge in [0.2, 0.25) is 5.91 Å². The van der Waals surface area contributed by atoms with E-state index in [1.807, 2.05) is 24.3 Å². The van der Waals surface area contributed by atoms with Crippen molar-refractivity contribution in [3.63, 3.8) is 0 Å². The van der Waals surface area contributed by atoms with Crippen molar-refractivity contribution < 1.29 is 4.79 Å². The third-order valence-electron chi connectivity index (χ3n) is 5.25. The lowest BCUT2D eigenvalue weighted by Crippen LogP contribution is -2.54. The van der Waals surface area contributed by atoms with E-state index in [9.17, 15) is 4.79 Å². The fraction of sp³-hybridized carbons (Fsp3) is 0.450. The number of hydrogen-bond acceptors (Lipinski definition) is 5. The Morgan fingerprint density at radius 1 is 1.12 bits per heavy atom. The van der Waals surface area contributed by atoms with E-state index in [0.29, 0.717) is 12.3 Å². The maximum atomic E-state index is 12.6. The molecule has 0 aliphatic carbocycles.